The first-order valence-electron chi connectivity index (χ1n) is 12.9. The number of ether oxygens (including phenoxy) is 3. The van der Waals surface area contributed by atoms with Crippen LogP contribution in [0.2, 0.25) is 0 Å². The van der Waals surface area contributed by atoms with Crippen molar-refractivity contribution in [3.05, 3.63) is 40.6 Å². The van der Waals surface area contributed by atoms with Crippen molar-refractivity contribution in [1.29, 1.82) is 0 Å². The van der Waals surface area contributed by atoms with E-state index in [0.29, 0.717) is 26.0 Å². The van der Waals surface area contributed by atoms with E-state index < -0.39 is 37.3 Å². The van der Waals surface area contributed by atoms with E-state index in [-0.39, 0.29) is 17.7 Å². The van der Waals surface area contributed by atoms with Crippen molar-refractivity contribution in [2.24, 2.45) is 5.73 Å². The van der Waals surface area contributed by atoms with Crippen LogP contribution >= 0.6 is 0 Å². The minimum atomic E-state index is -1.54. The molecule has 5 unspecified atom stereocenters. The molecule has 12 heteroatoms. The zero-order chi connectivity index (χ0) is 27.8. The zero-order valence-electron chi connectivity index (χ0n) is 22.1. The van der Waals surface area contributed by atoms with Gasteiger partial charge in [-0.3, -0.25) is 9.89 Å². The van der Waals surface area contributed by atoms with Crippen molar-refractivity contribution in [2.45, 2.75) is 76.7 Å². The van der Waals surface area contributed by atoms with Crippen molar-refractivity contribution in [1.82, 2.24) is 15.5 Å². The van der Waals surface area contributed by atoms with E-state index in [4.69, 9.17) is 19.9 Å². The molecule has 0 saturated carbocycles. The summed E-state index contributed by atoms with van der Waals surface area (Å²) >= 11 is 0. The number of aryl methyl sites for hydroxylation is 1. The van der Waals surface area contributed by atoms with Crippen LogP contribution in [-0.4, -0.2) is 93.5 Å². The largest absolute Gasteiger partial charge is 0.494 e. The van der Waals surface area contributed by atoms with Gasteiger partial charge in [0.2, 0.25) is 18.1 Å². The molecule has 1 amide bonds. The molecule has 38 heavy (non-hydrogen) atoms. The summed E-state index contributed by atoms with van der Waals surface area (Å²) in [5, 5.41) is 50.4. The van der Waals surface area contributed by atoms with Crippen LogP contribution in [0, 0.1) is 6.92 Å². The van der Waals surface area contributed by atoms with Crippen molar-refractivity contribution >= 4 is 5.91 Å². The number of aliphatic hydroxyl groups is 4. The molecule has 3 rings (SSSR count). The van der Waals surface area contributed by atoms with Gasteiger partial charge in [0.05, 0.1) is 13.2 Å². The Morgan fingerprint density at radius 2 is 1.97 bits per heavy atom. The Labute approximate surface area is 222 Å². The summed E-state index contributed by atoms with van der Waals surface area (Å²) in [5.41, 5.74) is 8.78. The smallest absolute Gasteiger partial charge is 0.238 e. The maximum absolute atomic E-state index is 10.8. The van der Waals surface area contributed by atoms with Crippen molar-refractivity contribution in [3.8, 4) is 11.6 Å². The second-order valence-electron chi connectivity index (χ2n) is 9.82. The fourth-order valence-electron chi connectivity index (χ4n) is 4.25. The quantitative estimate of drug-likeness (QED) is 0.160. The molecular formula is C26H40N4O8. The molecule has 1 aromatic carbocycles. The molecule has 1 aliphatic heterocycles. The number of nitrogens with zero attached hydrogens (tertiary/aromatic N) is 1. The van der Waals surface area contributed by atoms with Crippen LogP contribution in [-0.2, 0) is 16.0 Å². The molecule has 1 aliphatic rings. The number of benzene rings is 1. The first kappa shape index (κ1) is 29.8. The molecule has 212 valence electrons. The van der Waals surface area contributed by atoms with Gasteiger partial charge in [-0.05, 0) is 49.1 Å². The lowest BCUT2D eigenvalue weighted by molar-refractivity contribution is -0.278. The summed E-state index contributed by atoms with van der Waals surface area (Å²) < 4.78 is 17.2. The monoisotopic (exact) mass is 536 g/mol. The third kappa shape index (κ3) is 7.65. The number of hydrogen-bond donors (Lipinski definition) is 7. The molecule has 1 aromatic heterocycles. The lowest BCUT2D eigenvalue weighted by Crippen LogP contribution is -2.60. The highest BCUT2D eigenvalue weighted by Crippen LogP contribution is 2.32. The van der Waals surface area contributed by atoms with E-state index >= 15 is 0 Å². The molecule has 12 nitrogen and oxygen atoms in total. The average Bonchev–Trinajstić information content (AvgIpc) is 3.27. The lowest BCUT2D eigenvalue weighted by atomic mass is 9.96. The van der Waals surface area contributed by atoms with E-state index in [0.717, 1.165) is 41.1 Å². The number of nitrogens with one attached hydrogen (secondary N) is 2. The van der Waals surface area contributed by atoms with E-state index in [1.807, 2.05) is 39.0 Å². The number of nitrogens with two attached hydrogens (primary N) is 1. The molecule has 1 fully saturated rings. The van der Waals surface area contributed by atoms with E-state index in [1.165, 1.54) is 0 Å². The van der Waals surface area contributed by atoms with E-state index in [9.17, 15) is 25.2 Å². The number of amides is 1. The number of hydrogen-bond acceptors (Lipinski definition) is 10. The molecule has 2 heterocycles. The SMILES string of the molecule is Cc1cc(OCCCNCCC(N)=O)ccc1Cc1c(OC2OC(CO)C(O)C(O)C2O)n[nH]c1C(C)C. The Morgan fingerprint density at radius 1 is 1.21 bits per heavy atom. The predicted molar refractivity (Wildman–Crippen MR) is 138 cm³/mol. The topological polar surface area (TPSA) is 192 Å². The minimum Gasteiger partial charge on any atom is -0.494 e. The maximum atomic E-state index is 10.8. The number of rotatable bonds is 14. The number of H-pyrrole nitrogens is 1. The molecule has 8 N–H and O–H groups in total. The Hall–Kier alpha value is -2.74. The molecule has 0 radical (unpaired) electrons. The Balaban J connectivity index is 1.66. The van der Waals surface area contributed by atoms with Gasteiger partial charge in [-0.2, -0.15) is 0 Å². The summed E-state index contributed by atoms with van der Waals surface area (Å²) in [4.78, 5) is 10.8. The van der Waals surface area contributed by atoms with E-state index in [1.54, 1.807) is 0 Å². The van der Waals surface area contributed by atoms with Gasteiger partial charge in [0, 0.05) is 30.6 Å². The molecule has 1 saturated heterocycles. The van der Waals surface area contributed by atoms with Crippen LogP contribution in [0.4, 0.5) is 0 Å². The molecular weight excluding hydrogens is 496 g/mol. The van der Waals surface area contributed by atoms with Gasteiger partial charge in [0.1, 0.15) is 30.2 Å². The fourth-order valence-corrected chi connectivity index (χ4v) is 4.25. The maximum Gasteiger partial charge on any atom is 0.238 e. The number of carbonyl (C=O) groups is 1. The van der Waals surface area contributed by atoms with Crippen molar-refractivity contribution in [2.75, 3.05) is 26.3 Å². The van der Waals surface area contributed by atoms with Crippen molar-refractivity contribution < 1.29 is 39.4 Å². The van der Waals surface area contributed by atoms with Crippen LogP contribution < -0.4 is 20.5 Å². The third-order valence-corrected chi connectivity index (χ3v) is 6.51. The van der Waals surface area contributed by atoms with Gasteiger partial charge >= 0.3 is 0 Å². The molecule has 5 atom stereocenters. The predicted octanol–water partition coefficient (Wildman–Crippen LogP) is -0.155. The summed E-state index contributed by atoms with van der Waals surface area (Å²) in [7, 11) is 0. The third-order valence-electron chi connectivity index (χ3n) is 6.51. The molecule has 0 spiro atoms. The average molecular weight is 537 g/mol. The van der Waals surface area contributed by atoms with Gasteiger partial charge in [-0.15, -0.1) is 5.10 Å². The Bertz CT molecular complexity index is 1040. The second-order valence-corrected chi connectivity index (χ2v) is 9.82. The Kier molecular flexibility index (Phi) is 10.9. The van der Waals surface area contributed by atoms with Gasteiger partial charge in [0.25, 0.3) is 0 Å². The zero-order valence-corrected chi connectivity index (χ0v) is 22.1. The highest BCUT2D eigenvalue weighted by molar-refractivity contribution is 5.73. The van der Waals surface area contributed by atoms with Crippen LogP contribution in [0.15, 0.2) is 18.2 Å². The first-order chi connectivity index (χ1) is 18.1. The van der Waals surface area contributed by atoms with Crippen LogP contribution in [0.3, 0.4) is 0 Å². The number of aromatic amines is 1. The lowest BCUT2D eigenvalue weighted by Gasteiger charge is -2.39. The van der Waals surface area contributed by atoms with Gasteiger partial charge in [0.15, 0.2) is 0 Å². The number of aromatic nitrogens is 2. The normalized spacial score (nSPS) is 23.5. The van der Waals surface area contributed by atoms with Gasteiger partial charge in [-0.1, -0.05) is 19.9 Å². The Morgan fingerprint density at radius 3 is 2.63 bits per heavy atom. The highest BCUT2D eigenvalue weighted by Gasteiger charge is 2.45. The first-order valence-corrected chi connectivity index (χ1v) is 12.9. The highest BCUT2D eigenvalue weighted by atomic mass is 16.7. The van der Waals surface area contributed by atoms with Crippen LogP contribution in [0.5, 0.6) is 11.6 Å². The summed E-state index contributed by atoms with van der Waals surface area (Å²) in [6.07, 6.45) is -5.37. The molecule has 0 aliphatic carbocycles. The second kappa shape index (κ2) is 13.9. The van der Waals surface area contributed by atoms with Crippen molar-refractivity contribution in [3.63, 3.8) is 0 Å². The number of aliphatic hydroxyl groups excluding tert-OH is 4. The standard InChI is InChI=1S/C26H40N4O8/c1-14(2)21-18(25(30-29-21)38-26-24(35)23(34)22(33)19(13-31)37-26)12-16-5-6-17(11-15(16)3)36-10-4-8-28-9-7-20(27)32/h5-6,11,14,19,22-24,26,28,31,33-35H,4,7-10,12-13H2,1-3H3,(H2,27,32)(H,29,30). The number of carbonyl (C=O) groups excluding carboxylic acids is 1. The van der Waals surface area contributed by atoms with Crippen LogP contribution in [0.1, 0.15) is 55.0 Å². The molecule has 2 aromatic rings. The van der Waals surface area contributed by atoms with E-state index in [2.05, 4.69) is 15.5 Å². The minimum absolute atomic E-state index is 0.101. The van der Waals surface area contributed by atoms with Gasteiger partial charge in [-0.25, -0.2) is 0 Å². The summed E-state index contributed by atoms with van der Waals surface area (Å²) in [6.45, 7) is 7.27. The van der Waals surface area contributed by atoms with Crippen LogP contribution in [0.25, 0.3) is 0 Å². The number of primary amides is 1. The fraction of sp³-hybridized carbons (Fsp3) is 0.615. The summed E-state index contributed by atoms with van der Waals surface area (Å²) in [5.74, 6) is 0.732. The van der Waals surface area contributed by atoms with Gasteiger partial charge < -0.3 is 45.7 Å². The summed E-state index contributed by atoms with van der Waals surface area (Å²) in [6, 6.07) is 5.84. The molecule has 0 bridgehead atoms.